The normalized spacial score (nSPS) is 17.2. The van der Waals surface area contributed by atoms with Crippen molar-refractivity contribution in [3.05, 3.63) is 158 Å². The smallest absolute Gasteiger partial charge is 0.344 e. The van der Waals surface area contributed by atoms with E-state index >= 15 is 0 Å². The standard InChI is InChI=1S/C39H38N2O9/c1-26-23-41(38(44)40-37(26)43)35-22-33(50-36(42)25-47-32-12-8-5-9-13-32)34(49-35)24-48-39(27-10-6-4-7-11-27,28-14-18-30(45-2)19-15-28)29-16-20-31(46-3)21-17-29/h4-21,23,33-35H,22,24-25H2,1-3H3,(H,40,43,44)/t33-,34+,35+/m0/s1. The van der Waals surface area contributed by atoms with E-state index in [1.807, 2.05) is 84.9 Å². The van der Waals surface area contributed by atoms with Crippen molar-refractivity contribution < 1.29 is 33.2 Å². The second-order valence-corrected chi connectivity index (χ2v) is 11.8. The van der Waals surface area contributed by atoms with Crippen LogP contribution in [0.25, 0.3) is 0 Å². The summed E-state index contributed by atoms with van der Waals surface area (Å²) in [5.74, 6) is 1.27. The number of benzene rings is 4. The van der Waals surface area contributed by atoms with Crippen molar-refractivity contribution in [1.29, 1.82) is 0 Å². The molecule has 1 saturated heterocycles. The third-order valence-electron chi connectivity index (χ3n) is 8.66. The zero-order chi connectivity index (χ0) is 35.1. The maximum Gasteiger partial charge on any atom is 0.344 e. The molecular formula is C39H38N2O9. The minimum Gasteiger partial charge on any atom is -0.497 e. The number of aromatic nitrogens is 2. The predicted octanol–water partition coefficient (Wildman–Crippen LogP) is 5.15. The first-order valence-corrected chi connectivity index (χ1v) is 16.1. The quantitative estimate of drug-likeness (QED) is 0.133. The van der Waals surface area contributed by atoms with E-state index in [2.05, 4.69) is 4.98 Å². The van der Waals surface area contributed by atoms with Crippen molar-refractivity contribution in [3.63, 3.8) is 0 Å². The van der Waals surface area contributed by atoms with Gasteiger partial charge in [-0.25, -0.2) is 9.59 Å². The number of nitrogens with one attached hydrogen (secondary N) is 1. The van der Waals surface area contributed by atoms with Crippen LogP contribution in [0.4, 0.5) is 0 Å². The van der Waals surface area contributed by atoms with Crippen molar-refractivity contribution in [2.75, 3.05) is 27.4 Å². The van der Waals surface area contributed by atoms with E-state index in [-0.39, 0.29) is 19.6 Å². The van der Waals surface area contributed by atoms with Gasteiger partial charge in [0.1, 0.15) is 41.3 Å². The highest BCUT2D eigenvalue weighted by Gasteiger charge is 2.44. The highest BCUT2D eigenvalue weighted by molar-refractivity contribution is 5.71. The van der Waals surface area contributed by atoms with Crippen molar-refractivity contribution in [1.82, 2.24) is 9.55 Å². The summed E-state index contributed by atoms with van der Waals surface area (Å²) in [6.07, 6.45) is -0.937. The van der Waals surface area contributed by atoms with Gasteiger partial charge in [0.25, 0.3) is 5.56 Å². The van der Waals surface area contributed by atoms with Crippen LogP contribution in [-0.2, 0) is 24.6 Å². The fraction of sp³-hybridized carbons (Fsp3) is 0.256. The molecule has 2 heterocycles. The molecule has 4 aromatic carbocycles. The van der Waals surface area contributed by atoms with Crippen molar-refractivity contribution in [2.24, 2.45) is 0 Å². The number of para-hydroxylation sites is 1. The number of aryl methyl sites for hydroxylation is 1. The Morgan fingerprint density at radius 3 is 1.94 bits per heavy atom. The number of rotatable bonds is 13. The first-order valence-electron chi connectivity index (χ1n) is 16.1. The van der Waals surface area contributed by atoms with E-state index in [9.17, 15) is 14.4 Å². The van der Waals surface area contributed by atoms with Crippen LogP contribution in [-0.4, -0.2) is 55.2 Å². The van der Waals surface area contributed by atoms with Gasteiger partial charge in [-0.05, 0) is 60.0 Å². The molecule has 0 spiro atoms. The number of esters is 1. The summed E-state index contributed by atoms with van der Waals surface area (Å²) in [6.45, 7) is 1.21. The van der Waals surface area contributed by atoms with Crippen LogP contribution in [0.1, 0.15) is 34.9 Å². The highest BCUT2D eigenvalue weighted by Crippen LogP contribution is 2.43. The molecule has 1 N–H and O–H groups in total. The van der Waals surface area contributed by atoms with Crippen LogP contribution >= 0.6 is 0 Å². The molecule has 1 aliphatic rings. The lowest BCUT2D eigenvalue weighted by Gasteiger charge is -2.37. The summed E-state index contributed by atoms with van der Waals surface area (Å²) in [5.41, 5.74) is 0.485. The number of methoxy groups -OCH3 is 2. The fourth-order valence-electron chi connectivity index (χ4n) is 6.09. The first kappa shape index (κ1) is 34.2. The van der Waals surface area contributed by atoms with Gasteiger partial charge in [0, 0.05) is 18.2 Å². The van der Waals surface area contributed by atoms with Gasteiger partial charge in [0.05, 0.1) is 20.8 Å². The molecule has 1 fully saturated rings. The Balaban J connectivity index is 1.36. The molecule has 0 saturated carbocycles. The summed E-state index contributed by atoms with van der Waals surface area (Å²) in [7, 11) is 3.21. The molecule has 0 amide bonds. The van der Waals surface area contributed by atoms with Crippen LogP contribution < -0.4 is 25.5 Å². The van der Waals surface area contributed by atoms with Gasteiger partial charge in [0.15, 0.2) is 6.61 Å². The maximum absolute atomic E-state index is 13.1. The van der Waals surface area contributed by atoms with Crippen molar-refractivity contribution >= 4 is 5.97 Å². The average Bonchev–Trinajstić information content (AvgIpc) is 3.55. The van der Waals surface area contributed by atoms with Crippen LogP contribution in [0.5, 0.6) is 17.2 Å². The van der Waals surface area contributed by atoms with Gasteiger partial charge < -0.3 is 28.4 Å². The van der Waals surface area contributed by atoms with Crippen molar-refractivity contribution in [2.45, 2.75) is 37.4 Å². The van der Waals surface area contributed by atoms with Crippen LogP contribution in [0.15, 0.2) is 125 Å². The summed E-state index contributed by atoms with van der Waals surface area (Å²) >= 11 is 0. The van der Waals surface area contributed by atoms with Gasteiger partial charge in [-0.3, -0.25) is 14.3 Å². The molecule has 1 aromatic heterocycles. The molecule has 0 radical (unpaired) electrons. The molecule has 6 rings (SSSR count). The lowest BCUT2D eigenvalue weighted by atomic mass is 9.80. The molecule has 50 heavy (non-hydrogen) atoms. The molecule has 5 aromatic rings. The number of ether oxygens (including phenoxy) is 6. The second-order valence-electron chi connectivity index (χ2n) is 11.8. The fourth-order valence-corrected chi connectivity index (χ4v) is 6.09. The molecular weight excluding hydrogens is 640 g/mol. The number of aromatic amines is 1. The average molecular weight is 679 g/mol. The maximum atomic E-state index is 13.1. The zero-order valence-electron chi connectivity index (χ0n) is 27.9. The topological polar surface area (TPSA) is 127 Å². The SMILES string of the molecule is COc1ccc(C(OC[C@H]2O[C@@H](n3cc(C)c(=O)[nH]c3=O)C[C@@H]2OC(=O)COc2ccccc2)(c2ccccc2)c2ccc(OC)cc2)cc1. The molecule has 3 atom stereocenters. The summed E-state index contributed by atoms with van der Waals surface area (Å²) < 4.78 is 37.3. The minimum absolute atomic E-state index is 0.0575. The van der Waals surface area contributed by atoms with Gasteiger partial charge in [-0.15, -0.1) is 0 Å². The molecule has 0 bridgehead atoms. The number of H-pyrrole nitrogens is 1. The third-order valence-corrected chi connectivity index (χ3v) is 8.66. The van der Waals surface area contributed by atoms with Gasteiger partial charge in [-0.2, -0.15) is 0 Å². The van der Waals surface area contributed by atoms with E-state index in [4.69, 9.17) is 28.4 Å². The van der Waals surface area contributed by atoms with Crippen LogP contribution in [0, 0.1) is 6.92 Å². The Morgan fingerprint density at radius 2 is 1.36 bits per heavy atom. The molecule has 1 aliphatic heterocycles. The molecule has 0 unspecified atom stereocenters. The lowest BCUT2D eigenvalue weighted by molar-refractivity contribution is -0.158. The Morgan fingerprint density at radius 1 is 0.800 bits per heavy atom. The van der Waals surface area contributed by atoms with E-state index < -0.39 is 41.3 Å². The van der Waals surface area contributed by atoms with E-state index in [0.29, 0.717) is 22.8 Å². The van der Waals surface area contributed by atoms with Crippen molar-refractivity contribution in [3.8, 4) is 17.2 Å². The second kappa shape index (κ2) is 15.3. The van der Waals surface area contributed by atoms with E-state index in [1.54, 1.807) is 45.4 Å². The van der Waals surface area contributed by atoms with Gasteiger partial charge in [-0.1, -0.05) is 72.8 Å². The highest BCUT2D eigenvalue weighted by atomic mass is 16.6. The summed E-state index contributed by atoms with van der Waals surface area (Å²) in [6, 6.07) is 33.9. The first-order chi connectivity index (χ1) is 24.3. The monoisotopic (exact) mass is 678 g/mol. The van der Waals surface area contributed by atoms with Crippen LogP contribution in [0.3, 0.4) is 0 Å². The van der Waals surface area contributed by atoms with Gasteiger partial charge >= 0.3 is 11.7 Å². The lowest BCUT2D eigenvalue weighted by Crippen LogP contribution is -2.39. The van der Waals surface area contributed by atoms with Gasteiger partial charge in [0.2, 0.25) is 0 Å². The number of carbonyl (C=O) groups is 1. The molecule has 11 heteroatoms. The third kappa shape index (κ3) is 7.34. The Hall–Kier alpha value is -5.65. The molecule has 0 aliphatic carbocycles. The number of hydrogen-bond acceptors (Lipinski definition) is 9. The van der Waals surface area contributed by atoms with E-state index in [0.717, 1.165) is 16.7 Å². The number of nitrogens with zero attached hydrogens (tertiary/aromatic N) is 1. The number of hydrogen-bond donors (Lipinski definition) is 1. The Labute approximate surface area is 288 Å². The number of carbonyl (C=O) groups excluding carboxylic acids is 1. The summed E-state index contributed by atoms with van der Waals surface area (Å²) in [5, 5.41) is 0. The molecule has 11 nitrogen and oxygen atoms in total. The zero-order valence-corrected chi connectivity index (χ0v) is 27.9. The van der Waals surface area contributed by atoms with E-state index in [1.165, 1.54) is 10.8 Å². The van der Waals surface area contributed by atoms with Crippen LogP contribution in [0.2, 0.25) is 0 Å². The molecule has 258 valence electrons. The minimum atomic E-state index is -1.17. The Bertz CT molecular complexity index is 1950. The largest absolute Gasteiger partial charge is 0.497 e. The summed E-state index contributed by atoms with van der Waals surface area (Å²) in [4.78, 5) is 40.5. The predicted molar refractivity (Wildman–Crippen MR) is 185 cm³/mol. The Kier molecular flexibility index (Phi) is 10.5.